The number of hydrogen-bond donors (Lipinski definition) is 0. The molecule has 2 rings (SSSR count). The predicted molar refractivity (Wildman–Crippen MR) is 48.9 cm³/mol. The third-order valence-corrected chi connectivity index (χ3v) is 2.04. The first-order valence-corrected chi connectivity index (χ1v) is 4.25. The fourth-order valence-corrected chi connectivity index (χ4v) is 1.37. The van der Waals surface area contributed by atoms with Crippen molar-refractivity contribution in [3.8, 4) is 0 Å². The van der Waals surface area contributed by atoms with Gasteiger partial charge in [0.2, 0.25) is 0 Å². The van der Waals surface area contributed by atoms with E-state index in [2.05, 4.69) is 18.2 Å². The van der Waals surface area contributed by atoms with E-state index in [0.29, 0.717) is 12.2 Å². The minimum Gasteiger partial charge on any atom is -0.360 e. The molecule has 0 N–H and O–H groups in total. The Morgan fingerprint density at radius 2 is 2.00 bits per heavy atom. The maximum absolute atomic E-state index is 5.46. The summed E-state index contributed by atoms with van der Waals surface area (Å²) in [6.07, 6.45) is 4.76. The highest BCUT2D eigenvalue weighted by molar-refractivity contribution is 5.24. The zero-order valence-electron chi connectivity index (χ0n) is 7.10. The molecule has 2 unspecified atom stereocenters. The molecule has 2 atom stereocenters. The van der Waals surface area contributed by atoms with Crippen LogP contribution in [0, 0.1) is 0 Å². The average Bonchev–Trinajstić information content (AvgIpc) is 2.87. The molecule has 62 valence electrons. The maximum Gasteiger partial charge on any atom is 0.113 e. The first kappa shape index (κ1) is 7.56. The molecule has 1 saturated heterocycles. The number of allylic oxidation sites excluding steroid dienone is 1. The van der Waals surface area contributed by atoms with Crippen molar-refractivity contribution in [2.45, 2.75) is 19.1 Å². The summed E-state index contributed by atoms with van der Waals surface area (Å²) in [5.41, 5.74) is 1.28. The molecule has 1 aliphatic rings. The maximum atomic E-state index is 5.46. The third kappa shape index (κ3) is 1.41. The van der Waals surface area contributed by atoms with E-state index in [1.54, 1.807) is 0 Å². The van der Waals surface area contributed by atoms with Crippen LogP contribution in [-0.2, 0) is 4.74 Å². The van der Waals surface area contributed by atoms with Crippen molar-refractivity contribution in [3.05, 3.63) is 48.0 Å². The Labute approximate surface area is 72.7 Å². The minimum atomic E-state index is 0.308. The van der Waals surface area contributed by atoms with Crippen molar-refractivity contribution < 1.29 is 4.74 Å². The lowest BCUT2D eigenvalue weighted by molar-refractivity contribution is 0.394. The lowest BCUT2D eigenvalue weighted by Crippen LogP contribution is -1.82. The van der Waals surface area contributed by atoms with Crippen LogP contribution in [0.5, 0.6) is 0 Å². The second kappa shape index (κ2) is 3.11. The Morgan fingerprint density at radius 1 is 1.25 bits per heavy atom. The van der Waals surface area contributed by atoms with Crippen LogP contribution in [0.1, 0.15) is 18.6 Å². The van der Waals surface area contributed by atoms with Gasteiger partial charge in [-0.3, -0.25) is 0 Å². The van der Waals surface area contributed by atoms with Crippen molar-refractivity contribution in [3.63, 3.8) is 0 Å². The highest BCUT2D eigenvalue weighted by atomic mass is 16.6. The molecule has 0 bridgehead atoms. The lowest BCUT2D eigenvalue weighted by atomic mass is 10.1. The van der Waals surface area contributed by atoms with E-state index < -0.39 is 0 Å². The first-order valence-electron chi connectivity index (χ1n) is 4.25. The summed E-state index contributed by atoms with van der Waals surface area (Å²) in [6, 6.07) is 10.3. The van der Waals surface area contributed by atoms with Gasteiger partial charge in [-0.05, 0) is 12.5 Å². The molecule has 1 heteroatoms. The van der Waals surface area contributed by atoms with Gasteiger partial charge in [-0.25, -0.2) is 0 Å². The number of ether oxygens (including phenoxy) is 1. The molecule has 0 saturated carbocycles. The van der Waals surface area contributed by atoms with Gasteiger partial charge in [-0.1, -0.05) is 42.5 Å². The van der Waals surface area contributed by atoms with Gasteiger partial charge in [0.1, 0.15) is 12.2 Å². The molecule has 0 radical (unpaired) electrons. The van der Waals surface area contributed by atoms with Crippen LogP contribution in [0.25, 0.3) is 0 Å². The summed E-state index contributed by atoms with van der Waals surface area (Å²) in [5, 5.41) is 0. The van der Waals surface area contributed by atoms with Crippen molar-refractivity contribution in [2.75, 3.05) is 0 Å². The normalized spacial score (nSPS) is 27.8. The quantitative estimate of drug-likeness (QED) is 0.478. The molecule has 12 heavy (non-hydrogen) atoms. The molecule has 1 nitrogen and oxygen atoms in total. The van der Waals surface area contributed by atoms with Crippen molar-refractivity contribution in [1.82, 2.24) is 0 Å². The van der Waals surface area contributed by atoms with Crippen LogP contribution in [-0.4, -0.2) is 6.10 Å². The Morgan fingerprint density at radius 3 is 2.67 bits per heavy atom. The molecule has 0 spiro atoms. The largest absolute Gasteiger partial charge is 0.360 e. The molecule has 1 heterocycles. The molecular weight excluding hydrogens is 148 g/mol. The molecule has 1 aliphatic heterocycles. The standard InChI is InChI=1S/C11H12O/c1-2-6-10-11(12-10)9-7-4-3-5-8-9/h2-8,10-11H,1H3/b6-2+. The van der Waals surface area contributed by atoms with Crippen LogP contribution in [0.15, 0.2) is 42.5 Å². The predicted octanol–water partition coefficient (Wildman–Crippen LogP) is 2.70. The fraction of sp³-hybridized carbons (Fsp3) is 0.273. The molecule has 0 aromatic heterocycles. The smallest absolute Gasteiger partial charge is 0.113 e. The lowest BCUT2D eigenvalue weighted by Gasteiger charge is -1.91. The number of benzene rings is 1. The van der Waals surface area contributed by atoms with E-state index in [1.807, 2.05) is 31.2 Å². The van der Waals surface area contributed by atoms with Crippen LogP contribution in [0.2, 0.25) is 0 Å². The topological polar surface area (TPSA) is 12.5 Å². The van der Waals surface area contributed by atoms with E-state index in [9.17, 15) is 0 Å². The van der Waals surface area contributed by atoms with Crippen molar-refractivity contribution >= 4 is 0 Å². The van der Waals surface area contributed by atoms with Gasteiger partial charge in [-0.15, -0.1) is 0 Å². The Hall–Kier alpha value is -1.08. The Bertz CT molecular complexity index is 276. The Balaban J connectivity index is 2.06. The molecule has 0 aliphatic carbocycles. The second-order valence-corrected chi connectivity index (χ2v) is 2.96. The zero-order chi connectivity index (χ0) is 8.39. The van der Waals surface area contributed by atoms with Crippen molar-refractivity contribution in [2.24, 2.45) is 0 Å². The highest BCUT2D eigenvalue weighted by Gasteiger charge is 2.37. The van der Waals surface area contributed by atoms with E-state index in [0.717, 1.165) is 0 Å². The van der Waals surface area contributed by atoms with Gasteiger partial charge in [0.05, 0.1) is 0 Å². The van der Waals surface area contributed by atoms with Crippen LogP contribution in [0.4, 0.5) is 0 Å². The SMILES string of the molecule is C/C=C/C1OC1c1ccccc1. The molecular formula is C11H12O. The van der Waals surface area contributed by atoms with Crippen LogP contribution >= 0.6 is 0 Å². The van der Waals surface area contributed by atoms with Gasteiger partial charge in [-0.2, -0.15) is 0 Å². The number of rotatable bonds is 2. The molecule has 0 amide bonds. The third-order valence-electron chi connectivity index (χ3n) is 2.04. The zero-order valence-corrected chi connectivity index (χ0v) is 7.10. The minimum absolute atomic E-state index is 0.308. The van der Waals surface area contributed by atoms with Gasteiger partial charge in [0.15, 0.2) is 0 Å². The summed E-state index contributed by atoms with van der Waals surface area (Å²) >= 11 is 0. The second-order valence-electron chi connectivity index (χ2n) is 2.96. The van der Waals surface area contributed by atoms with E-state index >= 15 is 0 Å². The van der Waals surface area contributed by atoms with E-state index in [1.165, 1.54) is 5.56 Å². The van der Waals surface area contributed by atoms with Gasteiger partial charge < -0.3 is 4.74 Å². The number of hydrogen-bond acceptors (Lipinski definition) is 1. The summed E-state index contributed by atoms with van der Waals surface area (Å²) in [5.74, 6) is 0. The van der Waals surface area contributed by atoms with E-state index in [-0.39, 0.29) is 0 Å². The Kier molecular flexibility index (Phi) is 1.96. The van der Waals surface area contributed by atoms with Crippen LogP contribution < -0.4 is 0 Å². The average molecular weight is 160 g/mol. The monoisotopic (exact) mass is 160 g/mol. The highest BCUT2D eigenvalue weighted by Crippen LogP contribution is 2.39. The van der Waals surface area contributed by atoms with Crippen molar-refractivity contribution in [1.29, 1.82) is 0 Å². The van der Waals surface area contributed by atoms with Crippen LogP contribution in [0.3, 0.4) is 0 Å². The van der Waals surface area contributed by atoms with Gasteiger partial charge in [0.25, 0.3) is 0 Å². The summed E-state index contributed by atoms with van der Waals surface area (Å²) in [6.45, 7) is 2.02. The van der Waals surface area contributed by atoms with Gasteiger partial charge >= 0.3 is 0 Å². The fourth-order valence-electron chi connectivity index (χ4n) is 1.37. The summed E-state index contributed by atoms with van der Waals surface area (Å²) in [4.78, 5) is 0. The number of epoxide rings is 1. The summed E-state index contributed by atoms with van der Waals surface area (Å²) < 4.78 is 5.46. The molecule has 1 fully saturated rings. The molecule has 1 aromatic carbocycles. The summed E-state index contributed by atoms with van der Waals surface area (Å²) in [7, 11) is 0. The van der Waals surface area contributed by atoms with E-state index in [4.69, 9.17) is 4.74 Å². The molecule has 1 aromatic rings. The first-order chi connectivity index (χ1) is 5.92. The van der Waals surface area contributed by atoms with Gasteiger partial charge in [0, 0.05) is 0 Å².